The number of halogens is 2. The van der Waals surface area contributed by atoms with Gasteiger partial charge >= 0.3 is 0 Å². The Bertz CT molecular complexity index is 316. The van der Waals surface area contributed by atoms with E-state index in [4.69, 9.17) is 0 Å². The lowest BCUT2D eigenvalue weighted by Gasteiger charge is -2.54. The van der Waals surface area contributed by atoms with E-state index >= 15 is 0 Å². The molecule has 1 saturated heterocycles. The molecule has 116 valence electrons. The molecule has 0 bridgehead atoms. The Morgan fingerprint density at radius 2 is 1.55 bits per heavy atom. The van der Waals surface area contributed by atoms with Crippen LogP contribution in [0.1, 0.15) is 64.7 Å². The summed E-state index contributed by atoms with van der Waals surface area (Å²) in [7, 11) is 0. The van der Waals surface area contributed by atoms with E-state index in [1.807, 2.05) is 0 Å². The van der Waals surface area contributed by atoms with Crippen molar-refractivity contribution < 1.29 is 8.78 Å². The first-order chi connectivity index (χ1) is 9.46. The van der Waals surface area contributed by atoms with Gasteiger partial charge in [-0.05, 0) is 55.9 Å². The molecule has 3 heteroatoms. The molecule has 20 heavy (non-hydrogen) atoms. The van der Waals surface area contributed by atoms with Crippen LogP contribution < -0.4 is 0 Å². The Labute approximate surface area is 122 Å². The van der Waals surface area contributed by atoms with Gasteiger partial charge < -0.3 is 4.90 Å². The molecule has 0 N–H and O–H groups in total. The van der Waals surface area contributed by atoms with Crippen LogP contribution in [-0.2, 0) is 0 Å². The van der Waals surface area contributed by atoms with Crippen molar-refractivity contribution in [3.63, 3.8) is 0 Å². The molecule has 3 rings (SSSR count). The summed E-state index contributed by atoms with van der Waals surface area (Å²) in [4.78, 5) is 2.57. The van der Waals surface area contributed by atoms with E-state index < -0.39 is 5.92 Å². The van der Waals surface area contributed by atoms with Crippen molar-refractivity contribution in [1.29, 1.82) is 0 Å². The SMILES string of the molecule is CC1CCC2(CC1)CN(CCC1CCC(F)(F)CC1)C2. The maximum Gasteiger partial charge on any atom is 0.248 e. The van der Waals surface area contributed by atoms with Crippen LogP contribution in [0.4, 0.5) is 8.78 Å². The zero-order valence-corrected chi connectivity index (χ0v) is 12.8. The third-order valence-corrected chi connectivity index (χ3v) is 6.14. The van der Waals surface area contributed by atoms with Crippen LogP contribution in [0.2, 0.25) is 0 Å². The van der Waals surface area contributed by atoms with E-state index in [-0.39, 0.29) is 12.8 Å². The second-order valence-corrected chi connectivity index (χ2v) is 7.98. The van der Waals surface area contributed by atoms with Crippen LogP contribution in [0.25, 0.3) is 0 Å². The predicted molar refractivity (Wildman–Crippen MR) is 78.0 cm³/mol. The van der Waals surface area contributed by atoms with E-state index in [0.717, 1.165) is 31.7 Å². The van der Waals surface area contributed by atoms with Gasteiger partial charge in [0.05, 0.1) is 0 Å². The Morgan fingerprint density at radius 3 is 2.15 bits per heavy atom. The highest BCUT2D eigenvalue weighted by atomic mass is 19.3. The molecule has 1 spiro atoms. The van der Waals surface area contributed by atoms with Crippen LogP contribution in [-0.4, -0.2) is 30.5 Å². The van der Waals surface area contributed by atoms with Crippen molar-refractivity contribution in [3.05, 3.63) is 0 Å². The molecule has 1 nitrogen and oxygen atoms in total. The van der Waals surface area contributed by atoms with Gasteiger partial charge in [0.1, 0.15) is 0 Å². The summed E-state index contributed by atoms with van der Waals surface area (Å²) in [5.41, 5.74) is 0.645. The summed E-state index contributed by atoms with van der Waals surface area (Å²) in [5, 5.41) is 0. The third kappa shape index (κ3) is 3.35. The van der Waals surface area contributed by atoms with Crippen molar-refractivity contribution >= 4 is 0 Å². The van der Waals surface area contributed by atoms with Gasteiger partial charge in [-0.1, -0.05) is 19.8 Å². The number of alkyl halides is 2. The van der Waals surface area contributed by atoms with Crippen molar-refractivity contribution in [2.75, 3.05) is 19.6 Å². The normalized spacial score (nSPS) is 31.4. The van der Waals surface area contributed by atoms with Gasteiger partial charge in [0.25, 0.3) is 0 Å². The van der Waals surface area contributed by atoms with E-state index in [1.54, 1.807) is 0 Å². The van der Waals surface area contributed by atoms with E-state index in [2.05, 4.69) is 11.8 Å². The largest absolute Gasteiger partial charge is 0.302 e. The quantitative estimate of drug-likeness (QED) is 0.725. The summed E-state index contributed by atoms with van der Waals surface area (Å²) >= 11 is 0. The van der Waals surface area contributed by atoms with Gasteiger partial charge in [-0.2, -0.15) is 0 Å². The van der Waals surface area contributed by atoms with Gasteiger partial charge in [0.2, 0.25) is 5.92 Å². The van der Waals surface area contributed by atoms with Crippen molar-refractivity contribution in [2.24, 2.45) is 17.3 Å². The first kappa shape index (κ1) is 14.7. The number of likely N-dealkylation sites (tertiary alicyclic amines) is 1. The topological polar surface area (TPSA) is 3.24 Å². The van der Waals surface area contributed by atoms with E-state index in [9.17, 15) is 8.78 Å². The lowest BCUT2D eigenvalue weighted by molar-refractivity contribution is -0.0566. The van der Waals surface area contributed by atoms with Crippen LogP contribution in [0.5, 0.6) is 0 Å². The Balaban J connectivity index is 1.34. The van der Waals surface area contributed by atoms with Crippen molar-refractivity contribution in [3.8, 4) is 0 Å². The van der Waals surface area contributed by atoms with Gasteiger partial charge in [-0.15, -0.1) is 0 Å². The number of hydrogen-bond donors (Lipinski definition) is 0. The summed E-state index contributed by atoms with van der Waals surface area (Å²) in [5.74, 6) is -0.882. The number of rotatable bonds is 3. The van der Waals surface area contributed by atoms with Crippen molar-refractivity contribution in [1.82, 2.24) is 4.90 Å². The highest BCUT2D eigenvalue weighted by Gasteiger charge is 2.44. The fourth-order valence-corrected chi connectivity index (χ4v) is 4.50. The molecule has 1 aliphatic heterocycles. The number of nitrogens with zero attached hydrogens (tertiary/aromatic N) is 1. The first-order valence-corrected chi connectivity index (χ1v) is 8.57. The lowest BCUT2D eigenvalue weighted by Crippen LogP contribution is -2.57. The molecule has 2 saturated carbocycles. The first-order valence-electron chi connectivity index (χ1n) is 8.57. The maximum absolute atomic E-state index is 13.1. The Kier molecular flexibility index (Phi) is 4.09. The van der Waals surface area contributed by atoms with Crippen LogP contribution in [0.15, 0.2) is 0 Å². The average Bonchev–Trinajstić information content (AvgIpc) is 2.37. The average molecular weight is 285 g/mol. The summed E-state index contributed by atoms with van der Waals surface area (Å²) in [6.45, 7) is 6.08. The standard InChI is InChI=1S/C17H29F2N/c1-14-2-7-16(8-3-14)12-20(13-16)11-6-15-4-9-17(18,19)10-5-15/h14-15H,2-13H2,1H3. The van der Waals surface area contributed by atoms with Gasteiger partial charge in [-0.25, -0.2) is 8.78 Å². The highest BCUT2D eigenvalue weighted by Crippen LogP contribution is 2.46. The molecule has 0 atom stereocenters. The summed E-state index contributed by atoms with van der Waals surface area (Å²) < 4.78 is 26.2. The second kappa shape index (κ2) is 5.55. The molecule has 0 amide bonds. The second-order valence-electron chi connectivity index (χ2n) is 7.98. The molecule has 0 aromatic heterocycles. The lowest BCUT2D eigenvalue weighted by atomic mass is 9.66. The van der Waals surface area contributed by atoms with Gasteiger partial charge in [-0.3, -0.25) is 0 Å². The van der Waals surface area contributed by atoms with E-state index in [1.165, 1.54) is 38.8 Å². The smallest absolute Gasteiger partial charge is 0.248 e. The number of hydrogen-bond acceptors (Lipinski definition) is 1. The Hall–Kier alpha value is -0.180. The fourth-order valence-electron chi connectivity index (χ4n) is 4.50. The molecule has 3 aliphatic rings. The highest BCUT2D eigenvalue weighted by molar-refractivity contribution is 4.97. The monoisotopic (exact) mass is 285 g/mol. The Morgan fingerprint density at radius 1 is 0.950 bits per heavy atom. The molecule has 0 aromatic rings. The zero-order valence-electron chi connectivity index (χ0n) is 12.8. The van der Waals surface area contributed by atoms with Crippen LogP contribution >= 0.6 is 0 Å². The molecule has 0 unspecified atom stereocenters. The minimum Gasteiger partial charge on any atom is -0.302 e. The summed E-state index contributed by atoms with van der Waals surface area (Å²) in [6, 6.07) is 0. The molecular formula is C17H29F2N. The molecule has 0 aromatic carbocycles. The minimum absolute atomic E-state index is 0.124. The van der Waals surface area contributed by atoms with Crippen LogP contribution in [0.3, 0.4) is 0 Å². The molecule has 2 aliphatic carbocycles. The molecule has 1 heterocycles. The molecule has 3 fully saturated rings. The predicted octanol–water partition coefficient (Wildman–Crippen LogP) is 4.71. The maximum atomic E-state index is 13.1. The van der Waals surface area contributed by atoms with Gasteiger partial charge in [0.15, 0.2) is 0 Å². The van der Waals surface area contributed by atoms with E-state index in [0.29, 0.717) is 11.3 Å². The van der Waals surface area contributed by atoms with Gasteiger partial charge in [0, 0.05) is 25.9 Å². The zero-order chi connectivity index (χ0) is 14.2. The molecule has 0 radical (unpaired) electrons. The van der Waals surface area contributed by atoms with Crippen molar-refractivity contribution in [2.45, 2.75) is 70.6 Å². The fraction of sp³-hybridized carbons (Fsp3) is 1.00. The summed E-state index contributed by atoms with van der Waals surface area (Å²) in [6.07, 6.45) is 8.52. The third-order valence-electron chi connectivity index (χ3n) is 6.14. The van der Waals surface area contributed by atoms with Crippen LogP contribution in [0, 0.1) is 17.3 Å². The minimum atomic E-state index is -2.36. The molecular weight excluding hydrogens is 256 g/mol.